The Morgan fingerprint density at radius 3 is 2.63 bits per heavy atom. The minimum atomic E-state index is 0.296. The first-order chi connectivity index (χ1) is 13.1. The molecule has 0 spiro atoms. The molecule has 0 amide bonds. The Balaban J connectivity index is 2.24. The molecule has 2 rings (SSSR count). The lowest BCUT2D eigenvalue weighted by Gasteiger charge is -2.16. The molecule has 2 aromatic rings. The summed E-state index contributed by atoms with van der Waals surface area (Å²) in [7, 11) is 1.68. The molecule has 148 valence electrons. The molecule has 3 N–H and O–H groups in total. The van der Waals surface area contributed by atoms with Crippen molar-refractivity contribution in [1.82, 2.24) is 9.97 Å². The van der Waals surface area contributed by atoms with Crippen molar-refractivity contribution in [2.45, 2.75) is 52.9 Å². The number of nitrogens with two attached hydrogens (primary N) is 1. The lowest BCUT2D eigenvalue weighted by molar-refractivity contribution is 0.314. The van der Waals surface area contributed by atoms with Crippen LogP contribution < -0.4 is 20.5 Å². The van der Waals surface area contributed by atoms with Crippen LogP contribution in [-0.4, -0.2) is 30.2 Å². The lowest BCUT2D eigenvalue weighted by Crippen LogP contribution is -2.12. The molecule has 0 atom stereocenters. The lowest BCUT2D eigenvalue weighted by atomic mass is 10.0. The Morgan fingerprint density at radius 1 is 1.11 bits per heavy atom. The van der Waals surface area contributed by atoms with E-state index >= 15 is 0 Å². The van der Waals surface area contributed by atoms with Gasteiger partial charge < -0.3 is 20.5 Å². The van der Waals surface area contributed by atoms with Crippen molar-refractivity contribution in [3.05, 3.63) is 35.0 Å². The Morgan fingerprint density at radius 2 is 1.93 bits per heavy atom. The molecule has 1 aromatic heterocycles. The molecule has 1 heterocycles. The Labute approximate surface area is 162 Å². The van der Waals surface area contributed by atoms with Gasteiger partial charge in [0.15, 0.2) is 0 Å². The maximum absolute atomic E-state index is 5.87. The van der Waals surface area contributed by atoms with Crippen molar-refractivity contribution in [2.24, 2.45) is 0 Å². The van der Waals surface area contributed by atoms with E-state index in [9.17, 15) is 0 Å². The first-order valence-electron chi connectivity index (χ1n) is 9.75. The van der Waals surface area contributed by atoms with Gasteiger partial charge in [-0.1, -0.05) is 32.8 Å². The normalized spacial score (nSPS) is 10.7. The summed E-state index contributed by atoms with van der Waals surface area (Å²) in [6.45, 7) is 7.82. The van der Waals surface area contributed by atoms with Crippen molar-refractivity contribution < 1.29 is 9.47 Å². The summed E-state index contributed by atoms with van der Waals surface area (Å²) in [6.07, 6.45) is 5.11. The van der Waals surface area contributed by atoms with E-state index in [1.807, 2.05) is 25.1 Å². The van der Waals surface area contributed by atoms with E-state index in [-0.39, 0.29) is 0 Å². The van der Waals surface area contributed by atoms with Gasteiger partial charge in [0.2, 0.25) is 5.95 Å². The smallest absolute Gasteiger partial charge is 0.222 e. The van der Waals surface area contributed by atoms with Gasteiger partial charge in [-0.3, -0.25) is 0 Å². The van der Waals surface area contributed by atoms with Crippen molar-refractivity contribution in [1.29, 1.82) is 0 Å². The fourth-order valence-corrected chi connectivity index (χ4v) is 2.93. The Kier molecular flexibility index (Phi) is 8.17. The molecule has 0 aliphatic rings. The first-order valence-corrected chi connectivity index (χ1v) is 9.75. The van der Waals surface area contributed by atoms with E-state index < -0.39 is 0 Å². The number of benzene rings is 1. The zero-order chi connectivity index (χ0) is 19.6. The van der Waals surface area contributed by atoms with Gasteiger partial charge in [0.25, 0.3) is 0 Å². The highest BCUT2D eigenvalue weighted by molar-refractivity contribution is 5.53. The van der Waals surface area contributed by atoms with Gasteiger partial charge in [-0.15, -0.1) is 0 Å². The zero-order valence-electron chi connectivity index (χ0n) is 17.0. The number of nitrogens with one attached hydrogen (secondary N) is 1. The molecule has 0 saturated carbocycles. The largest absolute Gasteiger partial charge is 0.496 e. The number of rotatable bonds is 11. The minimum Gasteiger partial charge on any atom is -0.496 e. The van der Waals surface area contributed by atoms with Crippen LogP contribution >= 0.6 is 0 Å². The predicted octanol–water partition coefficient (Wildman–Crippen LogP) is 4.36. The fraction of sp³-hybridized carbons (Fsp3) is 0.524. The number of nitrogen functional groups attached to an aromatic ring is 1. The van der Waals surface area contributed by atoms with E-state index in [4.69, 9.17) is 15.2 Å². The number of nitrogens with zero attached hydrogens (tertiary/aromatic N) is 2. The SMILES string of the molecule is CCCCCNc1nc(N)nc(C)c1Cc1ccc(OCCC)cc1OC. The second-order valence-electron chi connectivity index (χ2n) is 6.63. The number of hydrogen-bond donors (Lipinski definition) is 2. The van der Waals surface area contributed by atoms with Gasteiger partial charge in [-0.2, -0.15) is 4.98 Å². The second-order valence-corrected chi connectivity index (χ2v) is 6.63. The predicted molar refractivity (Wildman–Crippen MR) is 111 cm³/mol. The number of ether oxygens (including phenoxy) is 2. The standard InChI is InChI=1S/C21H32N4O2/c1-5-7-8-11-23-20-18(15(3)24-21(22)25-20)13-16-9-10-17(27-12-6-2)14-19(16)26-4/h9-10,14H,5-8,11-13H2,1-4H3,(H3,22,23,24,25). The molecule has 6 heteroatoms. The molecule has 0 radical (unpaired) electrons. The number of methoxy groups -OCH3 is 1. The summed E-state index contributed by atoms with van der Waals surface area (Å²) in [6, 6.07) is 5.96. The van der Waals surface area contributed by atoms with E-state index in [0.717, 1.165) is 53.5 Å². The van der Waals surface area contributed by atoms with E-state index in [1.165, 1.54) is 12.8 Å². The molecule has 0 aliphatic heterocycles. The number of aryl methyl sites for hydroxylation is 1. The number of aromatic nitrogens is 2. The highest BCUT2D eigenvalue weighted by Crippen LogP contribution is 2.29. The molecule has 1 aromatic carbocycles. The third-order valence-corrected chi connectivity index (χ3v) is 4.40. The molecule has 6 nitrogen and oxygen atoms in total. The van der Waals surface area contributed by atoms with Crippen molar-refractivity contribution >= 4 is 11.8 Å². The summed E-state index contributed by atoms with van der Waals surface area (Å²) in [5, 5.41) is 3.43. The Hall–Kier alpha value is -2.50. The highest BCUT2D eigenvalue weighted by Gasteiger charge is 2.14. The van der Waals surface area contributed by atoms with Crippen molar-refractivity contribution in [2.75, 3.05) is 31.3 Å². The molecule has 0 bridgehead atoms. The zero-order valence-corrected chi connectivity index (χ0v) is 17.0. The van der Waals surface area contributed by atoms with Gasteiger partial charge >= 0.3 is 0 Å². The molecule has 0 fully saturated rings. The third-order valence-electron chi connectivity index (χ3n) is 4.40. The topological polar surface area (TPSA) is 82.3 Å². The molecule has 0 unspecified atom stereocenters. The van der Waals surface area contributed by atoms with E-state index in [0.29, 0.717) is 19.0 Å². The van der Waals surface area contributed by atoms with E-state index in [2.05, 4.69) is 29.1 Å². The number of hydrogen-bond acceptors (Lipinski definition) is 6. The average molecular weight is 373 g/mol. The van der Waals surface area contributed by atoms with Crippen molar-refractivity contribution in [3.63, 3.8) is 0 Å². The maximum atomic E-state index is 5.87. The minimum absolute atomic E-state index is 0.296. The first kappa shape index (κ1) is 20.8. The van der Waals surface area contributed by atoms with Crippen LogP contribution in [0.5, 0.6) is 11.5 Å². The molecular formula is C21H32N4O2. The molecular weight excluding hydrogens is 340 g/mol. The van der Waals surface area contributed by atoms with Gasteiger partial charge in [0.05, 0.1) is 13.7 Å². The fourth-order valence-electron chi connectivity index (χ4n) is 2.93. The molecule has 27 heavy (non-hydrogen) atoms. The van der Waals surface area contributed by atoms with Crippen LogP contribution in [0.2, 0.25) is 0 Å². The van der Waals surface area contributed by atoms with Crippen LogP contribution in [0.3, 0.4) is 0 Å². The average Bonchev–Trinajstić information content (AvgIpc) is 2.66. The number of unbranched alkanes of at least 4 members (excludes halogenated alkanes) is 2. The third kappa shape index (κ3) is 6.01. The van der Waals surface area contributed by atoms with Gasteiger partial charge in [0.1, 0.15) is 17.3 Å². The quantitative estimate of drug-likeness (QED) is 0.570. The summed E-state index contributed by atoms with van der Waals surface area (Å²) < 4.78 is 11.3. The van der Waals surface area contributed by atoms with Crippen LogP contribution in [0.1, 0.15) is 56.4 Å². The summed E-state index contributed by atoms with van der Waals surface area (Å²) in [5.74, 6) is 2.73. The van der Waals surface area contributed by atoms with Crippen LogP contribution in [0.15, 0.2) is 18.2 Å². The second kappa shape index (κ2) is 10.6. The summed E-state index contributed by atoms with van der Waals surface area (Å²) in [5.41, 5.74) is 8.86. The van der Waals surface area contributed by atoms with Crippen LogP contribution in [0.4, 0.5) is 11.8 Å². The Bertz CT molecular complexity index is 734. The van der Waals surface area contributed by atoms with E-state index in [1.54, 1.807) is 7.11 Å². The van der Waals surface area contributed by atoms with Gasteiger partial charge in [0, 0.05) is 30.3 Å². The monoisotopic (exact) mass is 372 g/mol. The highest BCUT2D eigenvalue weighted by atomic mass is 16.5. The van der Waals surface area contributed by atoms with Gasteiger partial charge in [-0.05, 0) is 31.4 Å². The van der Waals surface area contributed by atoms with Gasteiger partial charge in [-0.25, -0.2) is 4.98 Å². The van der Waals surface area contributed by atoms with Crippen LogP contribution in [-0.2, 0) is 6.42 Å². The van der Waals surface area contributed by atoms with Crippen LogP contribution in [0.25, 0.3) is 0 Å². The summed E-state index contributed by atoms with van der Waals surface area (Å²) in [4.78, 5) is 8.78. The van der Waals surface area contributed by atoms with Crippen molar-refractivity contribution in [3.8, 4) is 11.5 Å². The summed E-state index contributed by atoms with van der Waals surface area (Å²) >= 11 is 0. The number of anilines is 2. The maximum Gasteiger partial charge on any atom is 0.222 e. The van der Waals surface area contributed by atoms with Crippen LogP contribution in [0, 0.1) is 6.92 Å². The molecule has 0 aliphatic carbocycles. The molecule has 0 saturated heterocycles.